The molecule has 0 aliphatic carbocycles. The molecular formula is C18H14O2. The first kappa shape index (κ1) is 13.8. The van der Waals surface area contributed by atoms with Crippen LogP contribution < -0.4 is 0 Å². The van der Waals surface area contributed by atoms with Gasteiger partial charge >= 0.3 is 0 Å². The van der Waals surface area contributed by atoms with Crippen LogP contribution in [-0.2, 0) is 22.4 Å². The molecule has 0 saturated carbocycles. The highest BCUT2D eigenvalue weighted by Gasteiger charge is 1.97. The molecule has 2 aromatic rings. The Morgan fingerprint density at radius 3 is 1.85 bits per heavy atom. The fourth-order valence-electron chi connectivity index (χ4n) is 1.99. The van der Waals surface area contributed by atoms with Gasteiger partial charge in [-0.2, -0.15) is 0 Å². The van der Waals surface area contributed by atoms with Gasteiger partial charge in [0.1, 0.15) is 11.9 Å². The summed E-state index contributed by atoms with van der Waals surface area (Å²) in [5.74, 6) is 3.55. The first-order valence-electron chi connectivity index (χ1n) is 6.39. The van der Waals surface area contributed by atoms with Crippen LogP contribution in [0.5, 0.6) is 0 Å². The van der Waals surface area contributed by atoms with E-state index >= 15 is 0 Å². The zero-order chi connectivity index (χ0) is 14.2. The van der Waals surface area contributed by atoms with Crippen molar-refractivity contribution < 1.29 is 9.59 Å². The van der Waals surface area contributed by atoms with Crippen molar-refractivity contribution in [2.75, 3.05) is 0 Å². The van der Waals surface area contributed by atoms with Crippen LogP contribution in [0.15, 0.2) is 54.6 Å². The Hall–Kier alpha value is -2.66. The molecule has 0 fully saturated rings. The Kier molecular flexibility index (Phi) is 4.86. The molecule has 0 spiro atoms. The molecule has 2 nitrogen and oxygen atoms in total. The van der Waals surface area contributed by atoms with Gasteiger partial charge in [-0.05, 0) is 28.7 Å². The maximum Gasteiger partial charge on any atom is 0.125 e. The van der Waals surface area contributed by atoms with Crippen molar-refractivity contribution in [2.24, 2.45) is 0 Å². The molecule has 0 bridgehead atoms. The maximum atomic E-state index is 10.3. The minimum absolute atomic E-state index is 0.622. The van der Waals surface area contributed by atoms with Crippen LogP contribution in [0.1, 0.15) is 22.3 Å². The van der Waals surface area contributed by atoms with E-state index in [0.29, 0.717) is 6.42 Å². The van der Waals surface area contributed by atoms with Crippen molar-refractivity contribution in [1.29, 1.82) is 0 Å². The number of carbonyl (C=O) groups excluding carboxylic acids is 2. The summed E-state index contributed by atoms with van der Waals surface area (Å²) in [6.45, 7) is 0. The van der Waals surface area contributed by atoms with E-state index in [2.05, 4.69) is 12.1 Å². The quantitative estimate of drug-likeness (QED) is 0.776. The monoisotopic (exact) mass is 262 g/mol. The van der Waals surface area contributed by atoms with Crippen LogP contribution in [0.2, 0.25) is 0 Å². The van der Waals surface area contributed by atoms with Crippen molar-refractivity contribution in [3.05, 3.63) is 76.9 Å². The fourth-order valence-corrected chi connectivity index (χ4v) is 1.99. The molecule has 20 heavy (non-hydrogen) atoms. The van der Waals surface area contributed by atoms with Gasteiger partial charge in [0.15, 0.2) is 0 Å². The van der Waals surface area contributed by atoms with Crippen molar-refractivity contribution >= 4 is 18.0 Å². The first-order chi connectivity index (χ1) is 9.81. The Bertz CT molecular complexity index is 654. The summed E-state index contributed by atoms with van der Waals surface area (Å²) in [6, 6.07) is 16.0. The third kappa shape index (κ3) is 3.93. The van der Waals surface area contributed by atoms with Gasteiger partial charge in [0.2, 0.25) is 0 Å². The molecule has 0 unspecified atom stereocenters. The smallest absolute Gasteiger partial charge is 0.125 e. The third-order valence-corrected chi connectivity index (χ3v) is 3.06. The molecule has 0 saturated heterocycles. The lowest BCUT2D eigenvalue weighted by Gasteiger charge is -2.04. The van der Waals surface area contributed by atoms with E-state index < -0.39 is 0 Å². The number of hydrogen-bond acceptors (Lipinski definition) is 2. The topological polar surface area (TPSA) is 34.1 Å². The standard InChI is InChI=1S/C18H14O2/c19-12-1-2-15-3-7-17(8-4-15)14-18-9-5-16(6-10-18)11-13-20/h1,3-11H,2,14H2. The number of allylic oxidation sites excluding steroid dienone is 1. The molecule has 2 aromatic carbocycles. The number of benzene rings is 2. The van der Waals surface area contributed by atoms with Gasteiger partial charge in [-0.1, -0.05) is 48.5 Å². The second-order valence-electron chi connectivity index (χ2n) is 4.52. The van der Waals surface area contributed by atoms with Crippen LogP contribution in [0.25, 0.3) is 6.08 Å². The Morgan fingerprint density at radius 2 is 1.30 bits per heavy atom. The summed E-state index contributed by atoms with van der Waals surface area (Å²) in [5, 5.41) is 0. The minimum atomic E-state index is 0.622. The molecule has 0 radical (unpaired) electrons. The Balaban J connectivity index is 2.05. The zero-order valence-corrected chi connectivity index (χ0v) is 11.0. The summed E-state index contributed by atoms with van der Waals surface area (Å²) < 4.78 is 0. The van der Waals surface area contributed by atoms with Crippen LogP contribution in [0, 0.1) is 0 Å². The van der Waals surface area contributed by atoms with Gasteiger partial charge in [0, 0.05) is 18.6 Å². The van der Waals surface area contributed by atoms with E-state index in [4.69, 9.17) is 0 Å². The van der Waals surface area contributed by atoms with Crippen LogP contribution in [-0.4, -0.2) is 11.9 Å². The van der Waals surface area contributed by atoms with Gasteiger partial charge in [-0.15, -0.1) is 0 Å². The van der Waals surface area contributed by atoms with Crippen LogP contribution >= 0.6 is 0 Å². The molecule has 0 aromatic heterocycles. The predicted molar refractivity (Wildman–Crippen MR) is 79.8 cm³/mol. The summed E-state index contributed by atoms with van der Waals surface area (Å²) in [6.07, 6.45) is 4.36. The van der Waals surface area contributed by atoms with Crippen molar-refractivity contribution in [2.45, 2.75) is 12.8 Å². The molecule has 0 aliphatic rings. The van der Waals surface area contributed by atoms with Crippen molar-refractivity contribution in [1.82, 2.24) is 0 Å². The maximum absolute atomic E-state index is 10.3. The molecule has 2 heteroatoms. The van der Waals surface area contributed by atoms with Gasteiger partial charge in [-0.25, -0.2) is 9.59 Å². The van der Waals surface area contributed by atoms with Gasteiger partial charge in [0.05, 0.1) is 0 Å². The zero-order valence-electron chi connectivity index (χ0n) is 11.0. The van der Waals surface area contributed by atoms with E-state index in [-0.39, 0.29) is 0 Å². The number of hydrogen-bond donors (Lipinski definition) is 0. The lowest BCUT2D eigenvalue weighted by molar-refractivity contribution is 0.568. The summed E-state index contributed by atoms with van der Waals surface area (Å²) in [7, 11) is 0. The van der Waals surface area contributed by atoms with Crippen LogP contribution in [0.4, 0.5) is 0 Å². The highest BCUT2D eigenvalue weighted by atomic mass is 16.1. The normalized spacial score (nSPS) is 9.40. The SMILES string of the molecule is O=C=CCc1ccc(Cc2ccc(C=C=O)cc2)cc1. The van der Waals surface area contributed by atoms with E-state index in [0.717, 1.165) is 17.5 Å². The molecule has 98 valence electrons. The third-order valence-electron chi connectivity index (χ3n) is 3.06. The van der Waals surface area contributed by atoms with Crippen LogP contribution in [0.3, 0.4) is 0 Å². The lowest BCUT2D eigenvalue weighted by atomic mass is 10.0. The average molecular weight is 262 g/mol. The van der Waals surface area contributed by atoms with E-state index in [1.54, 1.807) is 11.9 Å². The lowest BCUT2D eigenvalue weighted by Crippen LogP contribution is -1.89. The second kappa shape index (κ2) is 7.06. The Morgan fingerprint density at radius 1 is 0.750 bits per heavy atom. The van der Waals surface area contributed by atoms with Gasteiger partial charge < -0.3 is 0 Å². The molecule has 0 heterocycles. The summed E-state index contributed by atoms with van der Waals surface area (Å²) in [5.41, 5.74) is 4.36. The summed E-state index contributed by atoms with van der Waals surface area (Å²) in [4.78, 5) is 20.4. The van der Waals surface area contributed by atoms with Crippen molar-refractivity contribution in [3.8, 4) is 0 Å². The fraction of sp³-hybridized carbons (Fsp3) is 0.111. The highest BCUT2D eigenvalue weighted by Crippen LogP contribution is 2.12. The molecule has 0 atom stereocenters. The molecule has 0 amide bonds. The van der Waals surface area contributed by atoms with Gasteiger partial charge in [-0.3, -0.25) is 0 Å². The Labute approximate surface area is 118 Å². The second-order valence-corrected chi connectivity index (χ2v) is 4.52. The minimum Gasteiger partial charge on any atom is -0.234 e. The number of rotatable bonds is 5. The molecular weight excluding hydrogens is 248 g/mol. The molecule has 0 aliphatic heterocycles. The average Bonchev–Trinajstić information content (AvgIpc) is 2.49. The molecule has 2 rings (SSSR count). The largest absolute Gasteiger partial charge is 0.234 e. The highest BCUT2D eigenvalue weighted by molar-refractivity contribution is 5.74. The van der Waals surface area contributed by atoms with Crippen molar-refractivity contribution in [3.63, 3.8) is 0 Å². The van der Waals surface area contributed by atoms with Gasteiger partial charge in [0.25, 0.3) is 0 Å². The molecule has 0 N–H and O–H groups in total. The van der Waals surface area contributed by atoms with E-state index in [1.807, 2.05) is 36.4 Å². The predicted octanol–water partition coefficient (Wildman–Crippen LogP) is 3.05. The van der Waals surface area contributed by atoms with E-state index in [9.17, 15) is 9.59 Å². The summed E-state index contributed by atoms with van der Waals surface area (Å²) >= 11 is 0. The van der Waals surface area contributed by atoms with E-state index in [1.165, 1.54) is 23.3 Å². The first-order valence-corrected chi connectivity index (χ1v) is 6.39.